The highest BCUT2D eigenvalue weighted by Crippen LogP contribution is 2.32. The molecule has 8 nitrogen and oxygen atoms in total. The van der Waals surface area contributed by atoms with E-state index in [4.69, 9.17) is 4.84 Å². The molecule has 0 aromatic rings. The Morgan fingerprint density at radius 3 is 2.23 bits per heavy atom. The Morgan fingerprint density at radius 2 is 1.69 bits per heavy atom. The molecule has 1 saturated heterocycles. The molecule has 0 spiro atoms. The zero-order valence-electron chi connectivity index (χ0n) is 14.7. The summed E-state index contributed by atoms with van der Waals surface area (Å²) in [5.41, 5.74) is 0. The van der Waals surface area contributed by atoms with Crippen LogP contribution in [0.4, 0.5) is 0 Å². The Morgan fingerprint density at radius 1 is 1.08 bits per heavy atom. The third-order valence-electron chi connectivity index (χ3n) is 5.39. The standard InChI is InChI=1S/C18H22N2O6/c1-2-12-9-16(23)20(17(12)24)26-18(25)13-5-3-11(4-6-13)10-19-14(21)7-8-15(19)22/h7-8,11-13H,2-6,9-10H2,1H3/t11?,12-,13?/m1/s1. The van der Waals surface area contributed by atoms with Crippen LogP contribution in [-0.4, -0.2) is 46.1 Å². The van der Waals surface area contributed by atoms with Crippen molar-refractivity contribution in [2.45, 2.75) is 45.4 Å². The van der Waals surface area contributed by atoms with E-state index >= 15 is 0 Å². The van der Waals surface area contributed by atoms with Crippen LogP contribution in [0.1, 0.15) is 45.4 Å². The average Bonchev–Trinajstić information content (AvgIpc) is 3.09. The summed E-state index contributed by atoms with van der Waals surface area (Å²) in [5.74, 6) is -2.71. The second-order valence-corrected chi connectivity index (χ2v) is 7.08. The lowest BCUT2D eigenvalue weighted by atomic mass is 9.82. The van der Waals surface area contributed by atoms with Crippen molar-refractivity contribution in [1.82, 2.24) is 9.96 Å². The van der Waals surface area contributed by atoms with Crippen LogP contribution in [0.3, 0.4) is 0 Å². The van der Waals surface area contributed by atoms with E-state index in [-0.39, 0.29) is 30.1 Å². The molecule has 2 aliphatic heterocycles. The average molecular weight is 362 g/mol. The van der Waals surface area contributed by atoms with E-state index in [9.17, 15) is 24.0 Å². The number of hydroxylamine groups is 2. The van der Waals surface area contributed by atoms with Gasteiger partial charge in [-0.3, -0.25) is 24.1 Å². The maximum Gasteiger partial charge on any atom is 0.336 e. The van der Waals surface area contributed by atoms with E-state index in [0.29, 0.717) is 43.7 Å². The van der Waals surface area contributed by atoms with Crippen LogP contribution >= 0.6 is 0 Å². The van der Waals surface area contributed by atoms with Crippen molar-refractivity contribution in [3.8, 4) is 0 Å². The topological polar surface area (TPSA) is 101 Å². The van der Waals surface area contributed by atoms with Crippen molar-refractivity contribution in [3.63, 3.8) is 0 Å². The summed E-state index contributed by atoms with van der Waals surface area (Å²) in [4.78, 5) is 65.7. The molecule has 0 unspecified atom stereocenters. The van der Waals surface area contributed by atoms with Gasteiger partial charge in [0.25, 0.3) is 23.6 Å². The van der Waals surface area contributed by atoms with E-state index < -0.39 is 23.7 Å². The highest BCUT2D eigenvalue weighted by atomic mass is 16.7. The summed E-state index contributed by atoms with van der Waals surface area (Å²) in [6.45, 7) is 2.17. The van der Waals surface area contributed by atoms with E-state index in [2.05, 4.69) is 0 Å². The molecule has 0 aromatic carbocycles. The SMILES string of the molecule is CC[C@@H]1CC(=O)N(OC(=O)C2CCC(CN3C(=O)C=CC3=O)CC2)C1=O. The van der Waals surface area contributed by atoms with Crippen LogP contribution in [0, 0.1) is 17.8 Å². The Kier molecular flexibility index (Phi) is 5.20. The monoisotopic (exact) mass is 362 g/mol. The fraction of sp³-hybridized carbons (Fsp3) is 0.611. The van der Waals surface area contributed by atoms with Crippen LogP contribution < -0.4 is 0 Å². The number of carbonyl (C=O) groups is 5. The van der Waals surface area contributed by atoms with E-state index in [0.717, 1.165) is 0 Å². The van der Waals surface area contributed by atoms with Gasteiger partial charge in [-0.05, 0) is 38.0 Å². The first-order valence-electron chi connectivity index (χ1n) is 9.02. The summed E-state index contributed by atoms with van der Waals surface area (Å²) in [7, 11) is 0. The minimum absolute atomic E-state index is 0.0846. The van der Waals surface area contributed by atoms with Crippen LogP contribution in [-0.2, 0) is 28.8 Å². The molecule has 1 aliphatic carbocycles. The van der Waals surface area contributed by atoms with E-state index in [1.807, 2.05) is 6.92 Å². The molecule has 4 amide bonds. The van der Waals surface area contributed by atoms with Crippen LogP contribution in [0.15, 0.2) is 12.2 Å². The highest BCUT2D eigenvalue weighted by molar-refractivity contribution is 6.12. The van der Waals surface area contributed by atoms with Gasteiger partial charge in [0.1, 0.15) is 0 Å². The fourth-order valence-corrected chi connectivity index (χ4v) is 3.70. The molecule has 26 heavy (non-hydrogen) atoms. The first-order chi connectivity index (χ1) is 12.4. The predicted molar refractivity (Wildman–Crippen MR) is 87.7 cm³/mol. The maximum absolute atomic E-state index is 12.3. The van der Waals surface area contributed by atoms with Crippen LogP contribution in [0.5, 0.6) is 0 Å². The number of carbonyl (C=O) groups excluding carboxylic acids is 5. The quantitative estimate of drug-likeness (QED) is 0.675. The summed E-state index contributed by atoms with van der Waals surface area (Å²) in [6.07, 6.45) is 5.58. The Hall–Kier alpha value is -2.51. The maximum atomic E-state index is 12.3. The lowest BCUT2D eigenvalue weighted by molar-refractivity contribution is -0.202. The molecular formula is C18H22N2O6. The van der Waals surface area contributed by atoms with Gasteiger partial charge in [0.15, 0.2) is 0 Å². The zero-order valence-corrected chi connectivity index (χ0v) is 14.7. The molecule has 2 fully saturated rings. The van der Waals surface area contributed by atoms with Gasteiger partial charge in [0.05, 0.1) is 11.8 Å². The van der Waals surface area contributed by atoms with Crippen LogP contribution in [0.2, 0.25) is 0 Å². The van der Waals surface area contributed by atoms with Gasteiger partial charge in [-0.15, -0.1) is 5.06 Å². The largest absolute Gasteiger partial charge is 0.336 e. The van der Waals surface area contributed by atoms with Gasteiger partial charge < -0.3 is 4.84 Å². The molecule has 2 heterocycles. The summed E-state index contributed by atoms with van der Waals surface area (Å²) in [5, 5.41) is 0.621. The molecule has 0 radical (unpaired) electrons. The smallest absolute Gasteiger partial charge is 0.330 e. The third-order valence-corrected chi connectivity index (χ3v) is 5.39. The number of rotatable bonds is 5. The summed E-state index contributed by atoms with van der Waals surface area (Å²) in [6, 6.07) is 0. The molecule has 1 atom stereocenters. The first-order valence-corrected chi connectivity index (χ1v) is 9.02. The second kappa shape index (κ2) is 7.39. The first kappa shape index (κ1) is 18.3. The third kappa shape index (κ3) is 3.54. The van der Waals surface area contributed by atoms with Gasteiger partial charge in [-0.2, -0.15) is 0 Å². The molecule has 3 aliphatic rings. The van der Waals surface area contributed by atoms with Crippen molar-refractivity contribution in [2.24, 2.45) is 17.8 Å². The summed E-state index contributed by atoms with van der Waals surface area (Å²) >= 11 is 0. The van der Waals surface area contributed by atoms with Gasteiger partial charge >= 0.3 is 5.97 Å². The van der Waals surface area contributed by atoms with E-state index in [1.54, 1.807) is 0 Å². The molecule has 0 bridgehead atoms. The lowest BCUT2D eigenvalue weighted by Crippen LogP contribution is -2.38. The summed E-state index contributed by atoms with van der Waals surface area (Å²) < 4.78 is 0. The fourth-order valence-electron chi connectivity index (χ4n) is 3.70. The highest BCUT2D eigenvalue weighted by Gasteiger charge is 2.42. The van der Waals surface area contributed by atoms with Gasteiger partial charge in [0, 0.05) is 25.1 Å². The Balaban J connectivity index is 1.48. The molecule has 0 N–H and O–H groups in total. The molecule has 0 aromatic heterocycles. The Labute approximate surface area is 151 Å². The van der Waals surface area contributed by atoms with E-state index in [1.165, 1.54) is 17.1 Å². The number of amides is 4. The number of imide groups is 2. The minimum Gasteiger partial charge on any atom is -0.330 e. The molecule has 140 valence electrons. The Bertz CT molecular complexity index is 659. The molecule has 3 rings (SSSR count). The van der Waals surface area contributed by atoms with Crippen molar-refractivity contribution in [2.75, 3.05) is 6.54 Å². The normalized spacial score (nSPS) is 29.0. The molecular weight excluding hydrogens is 340 g/mol. The van der Waals surface area contributed by atoms with Crippen LogP contribution in [0.25, 0.3) is 0 Å². The van der Waals surface area contributed by atoms with Gasteiger partial charge in [-0.25, -0.2) is 4.79 Å². The lowest BCUT2D eigenvalue weighted by Gasteiger charge is -2.29. The number of hydrogen-bond acceptors (Lipinski definition) is 6. The molecule has 1 saturated carbocycles. The predicted octanol–water partition coefficient (Wildman–Crippen LogP) is 0.961. The van der Waals surface area contributed by atoms with Crippen molar-refractivity contribution in [1.29, 1.82) is 0 Å². The second-order valence-electron chi connectivity index (χ2n) is 7.08. The van der Waals surface area contributed by atoms with Crippen molar-refractivity contribution >= 4 is 29.6 Å². The molecule has 8 heteroatoms. The number of hydrogen-bond donors (Lipinski definition) is 0. The van der Waals surface area contributed by atoms with Crippen molar-refractivity contribution < 1.29 is 28.8 Å². The van der Waals surface area contributed by atoms with Gasteiger partial charge in [0.2, 0.25) is 0 Å². The zero-order chi connectivity index (χ0) is 18.8. The van der Waals surface area contributed by atoms with Crippen molar-refractivity contribution in [3.05, 3.63) is 12.2 Å². The minimum atomic E-state index is -0.558. The number of nitrogens with zero attached hydrogens (tertiary/aromatic N) is 2. The van der Waals surface area contributed by atoms with Gasteiger partial charge in [-0.1, -0.05) is 6.92 Å².